The van der Waals surface area contributed by atoms with Crippen LogP contribution in [-0.4, -0.2) is 36.1 Å². The molecule has 0 aromatic rings. The summed E-state index contributed by atoms with van der Waals surface area (Å²) in [6.45, 7) is 4.96. The van der Waals surface area contributed by atoms with Crippen molar-refractivity contribution in [3.05, 3.63) is 0 Å². The molecule has 0 rings (SSSR count). The summed E-state index contributed by atoms with van der Waals surface area (Å²) in [4.78, 5) is 24.2. The molecule has 44 heavy (non-hydrogen) atoms. The second-order valence-corrected chi connectivity index (χ2v) is 13.7. The first-order valence-corrected chi connectivity index (χ1v) is 19.8. The largest absolute Gasteiger partial charge is 0.389 e. The van der Waals surface area contributed by atoms with E-state index in [1.165, 1.54) is 167 Å². The third kappa shape index (κ3) is 35.4. The fourth-order valence-corrected chi connectivity index (χ4v) is 6.03. The van der Waals surface area contributed by atoms with Gasteiger partial charge >= 0.3 is 0 Å². The summed E-state index contributed by atoms with van der Waals surface area (Å²) in [5, 5.41) is 15.8. The molecule has 5 heteroatoms. The van der Waals surface area contributed by atoms with Gasteiger partial charge in [0.25, 0.3) is 0 Å². The lowest BCUT2D eigenvalue weighted by atomic mass is 10.0. The average molecular weight is 623 g/mol. The Morgan fingerprint density at radius 3 is 0.818 bits per heavy atom. The first-order chi connectivity index (χ1) is 21.6. The lowest BCUT2D eigenvalue weighted by Gasteiger charge is -2.13. The van der Waals surface area contributed by atoms with Crippen molar-refractivity contribution in [2.24, 2.45) is 0 Å². The highest BCUT2D eigenvalue weighted by Gasteiger charge is 2.09. The van der Waals surface area contributed by atoms with E-state index < -0.39 is 6.10 Å². The van der Waals surface area contributed by atoms with Gasteiger partial charge in [0.15, 0.2) is 0 Å². The second-order valence-electron chi connectivity index (χ2n) is 13.7. The normalized spacial score (nSPS) is 11.4. The molecule has 0 aliphatic heterocycles. The van der Waals surface area contributed by atoms with E-state index in [4.69, 9.17) is 0 Å². The van der Waals surface area contributed by atoms with Gasteiger partial charge in [0.05, 0.1) is 6.10 Å². The number of aliphatic hydroxyl groups is 1. The molecule has 2 amide bonds. The third-order valence-corrected chi connectivity index (χ3v) is 9.08. The van der Waals surface area contributed by atoms with Gasteiger partial charge in [0, 0.05) is 25.9 Å². The van der Waals surface area contributed by atoms with Crippen LogP contribution in [-0.2, 0) is 9.59 Å². The summed E-state index contributed by atoms with van der Waals surface area (Å²) in [7, 11) is 0. The maximum atomic E-state index is 12.1. The molecule has 0 radical (unpaired) electrons. The molecule has 0 aromatic carbocycles. The smallest absolute Gasteiger partial charge is 0.220 e. The van der Waals surface area contributed by atoms with E-state index >= 15 is 0 Å². The number of carbonyl (C=O) groups excluding carboxylic acids is 2. The van der Waals surface area contributed by atoms with Crippen molar-refractivity contribution in [3.8, 4) is 0 Å². The van der Waals surface area contributed by atoms with Crippen molar-refractivity contribution in [1.29, 1.82) is 0 Å². The number of rotatable bonds is 36. The fourth-order valence-electron chi connectivity index (χ4n) is 6.03. The van der Waals surface area contributed by atoms with Crippen LogP contribution in [0.25, 0.3) is 0 Å². The van der Waals surface area contributed by atoms with E-state index in [9.17, 15) is 14.7 Å². The SMILES string of the molecule is CCCCCCCCCCCCCCCCCC(=O)NCC(O)CNC(=O)CCCCCCCCCCCCCCCCC. The first kappa shape index (κ1) is 42.9. The van der Waals surface area contributed by atoms with Crippen LogP contribution in [0.4, 0.5) is 0 Å². The van der Waals surface area contributed by atoms with Crippen molar-refractivity contribution in [1.82, 2.24) is 10.6 Å². The topological polar surface area (TPSA) is 78.4 Å². The lowest BCUT2D eigenvalue weighted by Crippen LogP contribution is -2.39. The zero-order chi connectivity index (χ0) is 32.2. The van der Waals surface area contributed by atoms with E-state index in [2.05, 4.69) is 24.5 Å². The lowest BCUT2D eigenvalue weighted by molar-refractivity contribution is -0.121. The Morgan fingerprint density at radius 2 is 0.591 bits per heavy atom. The molecule has 0 heterocycles. The van der Waals surface area contributed by atoms with Gasteiger partial charge in [-0.2, -0.15) is 0 Å². The number of hydrogen-bond donors (Lipinski definition) is 3. The summed E-state index contributed by atoms with van der Waals surface area (Å²) in [6.07, 6.45) is 39.8. The van der Waals surface area contributed by atoms with Crippen molar-refractivity contribution in [2.45, 2.75) is 225 Å². The average Bonchev–Trinajstić information content (AvgIpc) is 3.02. The van der Waals surface area contributed by atoms with Gasteiger partial charge in [0.2, 0.25) is 11.8 Å². The molecule has 0 saturated heterocycles. The molecule has 262 valence electrons. The van der Waals surface area contributed by atoms with E-state index in [1.807, 2.05) is 0 Å². The number of unbranched alkanes of at least 4 members (excludes halogenated alkanes) is 28. The summed E-state index contributed by atoms with van der Waals surface area (Å²) < 4.78 is 0. The fraction of sp³-hybridized carbons (Fsp3) is 0.949. The van der Waals surface area contributed by atoms with Gasteiger partial charge in [-0.25, -0.2) is 0 Å². The quantitative estimate of drug-likeness (QED) is 0.0608. The second kappa shape index (κ2) is 36.4. The maximum Gasteiger partial charge on any atom is 0.220 e. The zero-order valence-electron chi connectivity index (χ0n) is 29.9. The minimum Gasteiger partial charge on any atom is -0.389 e. The zero-order valence-corrected chi connectivity index (χ0v) is 29.9. The first-order valence-electron chi connectivity index (χ1n) is 19.8. The molecule has 0 spiro atoms. The molecule has 0 aromatic heterocycles. The molecule has 0 bridgehead atoms. The molecule has 5 nitrogen and oxygen atoms in total. The van der Waals surface area contributed by atoms with Crippen LogP contribution >= 0.6 is 0 Å². The number of aliphatic hydroxyl groups excluding tert-OH is 1. The highest BCUT2D eigenvalue weighted by Crippen LogP contribution is 2.15. The minimum atomic E-state index is -0.731. The Balaban J connectivity index is 3.37. The Kier molecular flexibility index (Phi) is 35.5. The summed E-state index contributed by atoms with van der Waals surface area (Å²) in [6, 6.07) is 0. The Bertz CT molecular complexity index is 548. The van der Waals surface area contributed by atoms with Crippen LogP contribution < -0.4 is 10.6 Å². The van der Waals surface area contributed by atoms with E-state index in [1.54, 1.807) is 0 Å². The van der Waals surface area contributed by atoms with Crippen LogP contribution in [0.15, 0.2) is 0 Å². The van der Waals surface area contributed by atoms with Crippen molar-refractivity contribution in [2.75, 3.05) is 13.1 Å². The molecule has 0 aliphatic rings. The van der Waals surface area contributed by atoms with Gasteiger partial charge in [-0.05, 0) is 12.8 Å². The Morgan fingerprint density at radius 1 is 0.386 bits per heavy atom. The molecule has 0 fully saturated rings. The highest BCUT2D eigenvalue weighted by atomic mass is 16.3. The van der Waals surface area contributed by atoms with Gasteiger partial charge in [-0.3, -0.25) is 9.59 Å². The molecule has 0 saturated carbocycles. The van der Waals surface area contributed by atoms with Gasteiger partial charge < -0.3 is 15.7 Å². The minimum absolute atomic E-state index is 0.00266. The standard InChI is InChI=1S/C39H78N2O3/c1-3-5-7-9-11-13-15-17-19-21-23-25-27-29-31-33-38(43)40-35-37(42)36-41-39(44)34-32-30-28-26-24-22-20-18-16-14-12-10-8-6-4-2/h37,42H,3-36H2,1-2H3,(H,40,43)(H,41,44). The van der Waals surface area contributed by atoms with E-state index in [0.717, 1.165) is 25.7 Å². The van der Waals surface area contributed by atoms with Crippen molar-refractivity contribution in [3.63, 3.8) is 0 Å². The number of amides is 2. The van der Waals surface area contributed by atoms with Crippen LogP contribution in [0, 0.1) is 0 Å². The summed E-state index contributed by atoms with van der Waals surface area (Å²) in [5.74, 6) is 0.00532. The van der Waals surface area contributed by atoms with E-state index in [-0.39, 0.29) is 24.9 Å². The molecular formula is C39H78N2O3. The van der Waals surface area contributed by atoms with Crippen LogP contribution in [0.2, 0.25) is 0 Å². The predicted molar refractivity (Wildman–Crippen MR) is 191 cm³/mol. The Labute approximate surface area is 275 Å². The van der Waals surface area contributed by atoms with Gasteiger partial charge in [-0.1, -0.05) is 194 Å². The highest BCUT2D eigenvalue weighted by molar-refractivity contribution is 5.76. The Hall–Kier alpha value is -1.10. The maximum absolute atomic E-state index is 12.1. The summed E-state index contributed by atoms with van der Waals surface area (Å²) >= 11 is 0. The summed E-state index contributed by atoms with van der Waals surface area (Å²) in [5.41, 5.74) is 0. The number of nitrogens with one attached hydrogen (secondary N) is 2. The molecular weight excluding hydrogens is 544 g/mol. The molecule has 0 atom stereocenters. The number of hydrogen-bond acceptors (Lipinski definition) is 3. The van der Waals surface area contributed by atoms with Gasteiger partial charge in [-0.15, -0.1) is 0 Å². The molecule has 3 N–H and O–H groups in total. The molecule has 0 aliphatic carbocycles. The predicted octanol–water partition coefficient (Wildman–Crippen LogP) is 11.1. The monoisotopic (exact) mass is 623 g/mol. The third-order valence-electron chi connectivity index (χ3n) is 9.08. The van der Waals surface area contributed by atoms with Crippen molar-refractivity contribution < 1.29 is 14.7 Å². The van der Waals surface area contributed by atoms with Crippen LogP contribution in [0.5, 0.6) is 0 Å². The van der Waals surface area contributed by atoms with Crippen LogP contribution in [0.1, 0.15) is 219 Å². The molecule has 0 unspecified atom stereocenters. The van der Waals surface area contributed by atoms with Gasteiger partial charge in [0.1, 0.15) is 0 Å². The van der Waals surface area contributed by atoms with Crippen LogP contribution in [0.3, 0.4) is 0 Å². The van der Waals surface area contributed by atoms with E-state index in [0.29, 0.717) is 12.8 Å². The van der Waals surface area contributed by atoms with Crippen molar-refractivity contribution >= 4 is 11.8 Å². The number of carbonyl (C=O) groups is 2.